The average Bonchev–Trinajstić information content (AvgIpc) is 3.06. The van der Waals surface area contributed by atoms with E-state index in [1.165, 1.54) is 29.7 Å². The van der Waals surface area contributed by atoms with E-state index in [4.69, 9.17) is 4.42 Å². The van der Waals surface area contributed by atoms with Crippen molar-refractivity contribution in [2.75, 3.05) is 14.2 Å². The van der Waals surface area contributed by atoms with Crippen LogP contribution in [0.5, 0.6) is 0 Å². The summed E-state index contributed by atoms with van der Waals surface area (Å²) in [5.41, 5.74) is 0.783. The zero-order valence-corrected chi connectivity index (χ0v) is 15.2. The van der Waals surface area contributed by atoms with Gasteiger partial charge in [0.2, 0.25) is 5.91 Å². The van der Waals surface area contributed by atoms with E-state index in [9.17, 15) is 19.7 Å². The van der Waals surface area contributed by atoms with Gasteiger partial charge in [-0.3, -0.25) is 19.6 Å². The molecule has 2 aromatic heterocycles. The lowest BCUT2D eigenvalue weighted by molar-refractivity contribution is -0.386. The number of esters is 1. The van der Waals surface area contributed by atoms with Crippen LogP contribution in [0, 0.1) is 30.9 Å². The molecule has 0 saturated heterocycles. The van der Waals surface area contributed by atoms with Crippen LogP contribution in [0.2, 0.25) is 0 Å². The number of carbonyl (C=O) groups is 2. The number of hydrogen-bond donors (Lipinski definition) is 0. The minimum Gasteiger partial charge on any atom is -0.465 e. The number of carbonyl (C=O) groups excluding carboxylic acids is 2. The molecule has 2 aromatic rings. The molecule has 0 radical (unpaired) electrons. The highest BCUT2D eigenvalue weighted by Gasteiger charge is 2.24. The van der Waals surface area contributed by atoms with Gasteiger partial charge in [0.05, 0.1) is 18.6 Å². The predicted molar refractivity (Wildman–Crippen MR) is 89.6 cm³/mol. The molecule has 0 N–H and O–H groups in total. The molecule has 0 bridgehead atoms. The van der Waals surface area contributed by atoms with Crippen LogP contribution in [0.3, 0.4) is 0 Å². The summed E-state index contributed by atoms with van der Waals surface area (Å²) in [5, 5.41) is 15.1. The maximum atomic E-state index is 12.4. The van der Waals surface area contributed by atoms with Crippen molar-refractivity contribution in [2.24, 2.45) is 0 Å². The number of nitro groups is 1. The number of aromatic nitrogens is 2. The summed E-state index contributed by atoms with van der Waals surface area (Å²) in [6.45, 7) is 4.70. The summed E-state index contributed by atoms with van der Waals surface area (Å²) in [6.07, 6.45) is 0. The lowest BCUT2D eigenvalue weighted by atomic mass is 10.2. The SMILES string of the molecule is COC(=O)c1cc(CN(C)C(=O)Cn2nc(C)c([N+](=O)[O-])c2C)oc1C. The van der Waals surface area contributed by atoms with Gasteiger partial charge in [0.25, 0.3) is 0 Å². The average molecular weight is 364 g/mol. The number of furan rings is 1. The van der Waals surface area contributed by atoms with Crippen molar-refractivity contribution in [3.8, 4) is 0 Å². The van der Waals surface area contributed by atoms with Gasteiger partial charge in [-0.25, -0.2) is 4.79 Å². The number of rotatable bonds is 6. The molecule has 10 heteroatoms. The molecule has 0 fully saturated rings. The summed E-state index contributed by atoms with van der Waals surface area (Å²) >= 11 is 0. The van der Waals surface area contributed by atoms with Crippen molar-refractivity contribution in [1.29, 1.82) is 0 Å². The van der Waals surface area contributed by atoms with Crippen LogP contribution in [0.25, 0.3) is 0 Å². The number of hydrogen-bond acceptors (Lipinski definition) is 7. The van der Waals surface area contributed by atoms with Crippen LogP contribution < -0.4 is 0 Å². The van der Waals surface area contributed by atoms with Crippen LogP contribution in [-0.2, 0) is 22.6 Å². The molecule has 0 atom stereocenters. The van der Waals surface area contributed by atoms with Crippen LogP contribution >= 0.6 is 0 Å². The molecule has 26 heavy (non-hydrogen) atoms. The van der Waals surface area contributed by atoms with Gasteiger partial charge < -0.3 is 14.1 Å². The number of nitrogens with zero attached hydrogens (tertiary/aromatic N) is 4. The van der Waals surface area contributed by atoms with Gasteiger partial charge >= 0.3 is 11.7 Å². The van der Waals surface area contributed by atoms with E-state index in [-0.39, 0.29) is 30.4 Å². The second-order valence-electron chi connectivity index (χ2n) is 5.86. The molecule has 10 nitrogen and oxygen atoms in total. The lowest BCUT2D eigenvalue weighted by Crippen LogP contribution is -2.30. The molecule has 140 valence electrons. The smallest absolute Gasteiger partial charge is 0.341 e. The fourth-order valence-corrected chi connectivity index (χ4v) is 2.61. The largest absolute Gasteiger partial charge is 0.465 e. The van der Waals surface area contributed by atoms with E-state index in [1.54, 1.807) is 20.9 Å². The van der Waals surface area contributed by atoms with Gasteiger partial charge in [-0.1, -0.05) is 0 Å². The Morgan fingerprint density at radius 2 is 2.04 bits per heavy atom. The van der Waals surface area contributed by atoms with Crippen molar-refractivity contribution in [3.63, 3.8) is 0 Å². The van der Waals surface area contributed by atoms with Crippen molar-refractivity contribution in [2.45, 2.75) is 33.9 Å². The fraction of sp³-hybridized carbons (Fsp3) is 0.438. The van der Waals surface area contributed by atoms with Gasteiger partial charge in [-0.2, -0.15) is 5.10 Å². The Hall–Kier alpha value is -3.17. The third-order valence-electron chi connectivity index (χ3n) is 4.00. The number of methoxy groups -OCH3 is 1. The van der Waals surface area contributed by atoms with Crippen LogP contribution in [0.4, 0.5) is 5.69 Å². The van der Waals surface area contributed by atoms with E-state index < -0.39 is 10.9 Å². The number of amides is 1. The molecule has 0 unspecified atom stereocenters. The maximum Gasteiger partial charge on any atom is 0.341 e. The Balaban J connectivity index is 2.10. The van der Waals surface area contributed by atoms with Gasteiger partial charge in [-0.15, -0.1) is 0 Å². The third kappa shape index (κ3) is 3.73. The van der Waals surface area contributed by atoms with Crippen molar-refractivity contribution >= 4 is 17.6 Å². The first-order chi connectivity index (χ1) is 12.1. The standard InChI is InChI=1S/C16H20N4O6/c1-9-15(20(23)24)10(2)19(17-9)8-14(21)18(4)7-12-6-13(11(3)26-12)16(22)25-5/h6H,7-8H2,1-5H3. The van der Waals surface area contributed by atoms with E-state index in [0.717, 1.165) is 0 Å². The normalized spacial score (nSPS) is 10.7. The van der Waals surface area contributed by atoms with Crippen molar-refractivity contribution in [1.82, 2.24) is 14.7 Å². The van der Waals surface area contributed by atoms with Crippen LogP contribution in [0.15, 0.2) is 10.5 Å². The summed E-state index contributed by atoms with van der Waals surface area (Å²) in [6, 6.07) is 1.53. The van der Waals surface area contributed by atoms with Gasteiger partial charge in [0.1, 0.15) is 35.0 Å². The Morgan fingerprint density at radius 3 is 2.58 bits per heavy atom. The summed E-state index contributed by atoms with van der Waals surface area (Å²) in [5.74, 6) is 0.0144. The minimum atomic E-state index is -0.513. The van der Waals surface area contributed by atoms with E-state index in [1.807, 2.05) is 0 Å². The molecule has 0 aliphatic rings. The monoisotopic (exact) mass is 364 g/mol. The Labute approximate surface area is 149 Å². The molecule has 0 aliphatic carbocycles. The van der Waals surface area contributed by atoms with E-state index in [0.29, 0.717) is 22.8 Å². The van der Waals surface area contributed by atoms with Gasteiger partial charge in [-0.05, 0) is 26.8 Å². The molecule has 0 aliphatic heterocycles. The molecular formula is C16H20N4O6. The van der Waals surface area contributed by atoms with Gasteiger partial charge in [0.15, 0.2) is 0 Å². The van der Waals surface area contributed by atoms with Crippen LogP contribution in [0.1, 0.15) is 33.3 Å². The molecule has 0 saturated carbocycles. The van der Waals surface area contributed by atoms with E-state index in [2.05, 4.69) is 9.84 Å². The summed E-state index contributed by atoms with van der Waals surface area (Å²) in [4.78, 5) is 35.9. The molecule has 0 spiro atoms. The van der Waals surface area contributed by atoms with Gasteiger partial charge in [0, 0.05) is 7.05 Å². The summed E-state index contributed by atoms with van der Waals surface area (Å²) < 4.78 is 11.4. The predicted octanol–water partition coefficient (Wildman–Crippen LogP) is 1.75. The molecule has 1 amide bonds. The van der Waals surface area contributed by atoms with Crippen LogP contribution in [-0.4, -0.2) is 45.6 Å². The maximum absolute atomic E-state index is 12.4. The molecule has 2 heterocycles. The molecule has 0 aromatic carbocycles. The topological polar surface area (TPSA) is 121 Å². The quantitative estimate of drug-likeness (QED) is 0.435. The zero-order chi connectivity index (χ0) is 19.6. The van der Waals surface area contributed by atoms with Crippen molar-refractivity contribution < 1.29 is 23.7 Å². The second kappa shape index (κ2) is 7.38. The Morgan fingerprint density at radius 1 is 1.38 bits per heavy atom. The first-order valence-electron chi connectivity index (χ1n) is 7.75. The van der Waals surface area contributed by atoms with E-state index >= 15 is 0 Å². The minimum absolute atomic E-state index is 0.0927. The zero-order valence-electron chi connectivity index (χ0n) is 15.2. The number of ether oxygens (including phenoxy) is 1. The fourth-order valence-electron chi connectivity index (χ4n) is 2.61. The highest BCUT2D eigenvalue weighted by molar-refractivity contribution is 5.90. The number of likely N-dealkylation sites (N-methyl/N-ethyl adjacent to an activating group) is 1. The second-order valence-corrected chi connectivity index (χ2v) is 5.86. The van der Waals surface area contributed by atoms with Crippen molar-refractivity contribution in [3.05, 3.63) is 44.7 Å². The first-order valence-corrected chi connectivity index (χ1v) is 7.75. The Bertz CT molecular complexity index is 866. The lowest BCUT2D eigenvalue weighted by Gasteiger charge is -2.16. The highest BCUT2D eigenvalue weighted by atomic mass is 16.6. The highest BCUT2D eigenvalue weighted by Crippen LogP contribution is 2.22. The Kier molecular flexibility index (Phi) is 5.44. The third-order valence-corrected chi connectivity index (χ3v) is 4.00. The number of aryl methyl sites for hydroxylation is 2. The molecule has 2 rings (SSSR count). The first kappa shape index (κ1) is 19.2. The molecular weight excluding hydrogens is 344 g/mol. The summed E-state index contributed by atoms with van der Waals surface area (Å²) in [7, 11) is 2.84.